The van der Waals surface area contributed by atoms with Crippen LogP contribution in [0.25, 0.3) is 11.4 Å². The van der Waals surface area contributed by atoms with Gasteiger partial charge in [0.25, 0.3) is 0 Å². The Morgan fingerprint density at radius 3 is 2.29 bits per heavy atom. The van der Waals surface area contributed by atoms with E-state index in [4.69, 9.17) is 5.73 Å². The van der Waals surface area contributed by atoms with E-state index in [2.05, 4.69) is 14.7 Å². The van der Waals surface area contributed by atoms with E-state index in [0.717, 1.165) is 5.56 Å². The monoisotopic (exact) mass is 285 g/mol. The number of nitrogen functional groups attached to an aromatic ring is 1. The molecule has 1 aromatic carbocycles. The molecule has 0 radical (unpaired) electrons. The Bertz CT molecular complexity index is 709. The fraction of sp³-hybridized carbons (Fsp3) is 0.200. The molecule has 0 aliphatic heterocycles. The molecular weight excluding hydrogens is 270 g/mol. The molecule has 0 aliphatic carbocycles. The summed E-state index contributed by atoms with van der Waals surface area (Å²) in [5.74, 6) is -0.864. The van der Waals surface area contributed by atoms with Crippen LogP contribution in [0.5, 0.6) is 0 Å². The van der Waals surface area contributed by atoms with Crippen LogP contribution in [-0.4, -0.2) is 28.8 Å². The molecular formula is C15H15N3O3. The van der Waals surface area contributed by atoms with E-state index in [1.165, 1.54) is 14.0 Å². The van der Waals surface area contributed by atoms with E-state index in [1.54, 1.807) is 0 Å². The molecule has 0 saturated carbocycles. The molecule has 1 heterocycles. The number of ketones is 1. The molecule has 108 valence electrons. The van der Waals surface area contributed by atoms with Crippen LogP contribution in [0.1, 0.15) is 33.3 Å². The van der Waals surface area contributed by atoms with Gasteiger partial charge in [0.05, 0.1) is 12.7 Å². The first kappa shape index (κ1) is 14.6. The standard InChI is InChI=1S/C15H15N3O3/c1-8-4-6-10(7-5-8)14-17-12(15(20)21-3)11(9(2)19)13(16)18-14/h4-7H,1-3H3,(H2,16,17,18). The van der Waals surface area contributed by atoms with E-state index in [9.17, 15) is 9.59 Å². The average molecular weight is 285 g/mol. The lowest BCUT2D eigenvalue weighted by Gasteiger charge is -2.09. The van der Waals surface area contributed by atoms with Crippen LogP contribution in [0.4, 0.5) is 5.82 Å². The van der Waals surface area contributed by atoms with Crippen molar-refractivity contribution in [2.45, 2.75) is 13.8 Å². The molecule has 0 saturated heterocycles. The molecule has 6 nitrogen and oxygen atoms in total. The van der Waals surface area contributed by atoms with Gasteiger partial charge in [0.1, 0.15) is 5.82 Å². The van der Waals surface area contributed by atoms with Gasteiger partial charge in [0.2, 0.25) is 0 Å². The number of methoxy groups -OCH3 is 1. The average Bonchev–Trinajstić information content (AvgIpc) is 2.45. The third kappa shape index (κ3) is 2.89. The van der Waals surface area contributed by atoms with Crippen molar-refractivity contribution in [3.63, 3.8) is 0 Å². The SMILES string of the molecule is COC(=O)c1nc(-c2ccc(C)cc2)nc(N)c1C(C)=O. The highest BCUT2D eigenvalue weighted by molar-refractivity contribution is 6.07. The maximum atomic E-state index is 11.8. The second-order valence-electron chi connectivity index (χ2n) is 4.57. The minimum atomic E-state index is -0.720. The quantitative estimate of drug-likeness (QED) is 0.684. The number of carbonyl (C=O) groups is 2. The molecule has 2 N–H and O–H groups in total. The number of aromatic nitrogens is 2. The third-order valence-electron chi connectivity index (χ3n) is 2.98. The van der Waals surface area contributed by atoms with Crippen molar-refractivity contribution in [3.05, 3.63) is 41.1 Å². The van der Waals surface area contributed by atoms with E-state index < -0.39 is 5.97 Å². The van der Waals surface area contributed by atoms with Crippen LogP contribution in [0.2, 0.25) is 0 Å². The van der Waals surface area contributed by atoms with Gasteiger partial charge in [0.15, 0.2) is 17.3 Å². The number of rotatable bonds is 3. The molecule has 0 unspecified atom stereocenters. The predicted octanol–water partition coefficient (Wildman–Crippen LogP) is 2.02. The summed E-state index contributed by atoms with van der Waals surface area (Å²) in [6.45, 7) is 3.25. The summed E-state index contributed by atoms with van der Waals surface area (Å²) in [4.78, 5) is 31.7. The number of anilines is 1. The molecule has 0 atom stereocenters. The molecule has 21 heavy (non-hydrogen) atoms. The third-order valence-corrected chi connectivity index (χ3v) is 2.98. The minimum absolute atomic E-state index is 0.0160. The van der Waals surface area contributed by atoms with Gasteiger partial charge < -0.3 is 10.5 Å². The topological polar surface area (TPSA) is 95.2 Å². The van der Waals surface area contributed by atoms with E-state index in [0.29, 0.717) is 5.56 Å². The molecule has 0 spiro atoms. The first-order chi connectivity index (χ1) is 9.93. The zero-order valence-electron chi connectivity index (χ0n) is 12.0. The smallest absolute Gasteiger partial charge is 0.357 e. The highest BCUT2D eigenvalue weighted by atomic mass is 16.5. The van der Waals surface area contributed by atoms with Crippen molar-refractivity contribution in [2.75, 3.05) is 12.8 Å². The van der Waals surface area contributed by atoms with Crippen molar-refractivity contribution < 1.29 is 14.3 Å². The van der Waals surface area contributed by atoms with Crippen LogP contribution in [0.3, 0.4) is 0 Å². The second-order valence-corrected chi connectivity index (χ2v) is 4.57. The van der Waals surface area contributed by atoms with E-state index in [1.807, 2.05) is 31.2 Å². The van der Waals surface area contributed by atoms with Crippen molar-refractivity contribution in [1.29, 1.82) is 0 Å². The summed E-state index contributed by atoms with van der Waals surface area (Å²) >= 11 is 0. The van der Waals surface area contributed by atoms with Gasteiger partial charge in [-0.1, -0.05) is 29.8 Å². The molecule has 2 rings (SSSR count). The van der Waals surface area contributed by atoms with Crippen molar-refractivity contribution in [2.24, 2.45) is 0 Å². The van der Waals surface area contributed by atoms with Gasteiger partial charge in [0, 0.05) is 5.56 Å². The molecule has 0 fully saturated rings. The zero-order chi connectivity index (χ0) is 15.6. The van der Waals surface area contributed by atoms with Crippen LogP contribution >= 0.6 is 0 Å². The second kappa shape index (κ2) is 5.70. The van der Waals surface area contributed by atoms with Gasteiger partial charge in [-0.15, -0.1) is 0 Å². The summed E-state index contributed by atoms with van der Waals surface area (Å²) in [6.07, 6.45) is 0. The Morgan fingerprint density at radius 2 is 1.76 bits per heavy atom. The number of hydrogen-bond donors (Lipinski definition) is 1. The normalized spacial score (nSPS) is 10.2. The lowest BCUT2D eigenvalue weighted by molar-refractivity contribution is 0.0590. The minimum Gasteiger partial charge on any atom is -0.464 e. The van der Waals surface area contributed by atoms with Crippen LogP contribution in [0.15, 0.2) is 24.3 Å². The molecule has 6 heteroatoms. The van der Waals surface area contributed by atoms with Crippen molar-refractivity contribution >= 4 is 17.6 Å². The van der Waals surface area contributed by atoms with Gasteiger partial charge in [-0.05, 0) is 13.8 Å². The Labute approximate surface area is 122 Å². The van der Waals surface area contributed by atoms with Crippen LogP contribution < -0.4 is 5.73 Å². The molecule has 0 aliphatic rings. The number of carbonyl (C=O) groups excluding carboxylic acids is 2. The van der Waals surface area contributed by atoms with Gasteiger partial charge in [-0.25, -0.2) is 14.8 Å². The first-order valence-corrected chi connectivity index (χ1v) is 6.28. The number of nitrogens with two attached hydrogens (primary N) is 1. The Hall–Kier alpha value is -2.76. The van der Waals surface area contributed by atoms with Crippen molar-refractivity contribution in [3.8, 4) is 11.4 Å². The molecule has 2 aromatic rings. The Morgan fingerprint density at radius 1 is 1.14 bits per heavy atom. The highest BCUT2D eigenvalue weighted by Crippen LogP contribution is 2.22. The predicted molar refractivity (Wildman–Crippen MR) is 78.0 cm³/mol. The lowest BCUT2D eigenvalue weighted by Crippen LogP contribution is -2.16. The lowest BCUT2D eigenvalue weighted by atomic mass is 10.1. The number of nitrogens with zero attached hydrogens (tertiary/aromatic N) is 2. The zero-order valence-corrected chi connectivity index (χ0v) is 12.0. The number of esters is 1. The molecule has 0 bridgehead atoms. The van der Waals surface area contributed by atoms with Gasteiger partial charge in [-0.2, -0.15) is 0 Å². The van der Waals surface area contributed by atoms with Crippen LogP contribution in [0, 0.1) is 6.92 Å². The summed E-state index contributed by atoms with van der Waals surface area (Å²) < 4.78 is 4.66. The largest absolute Gasteiger partial charge is 0.464 e. The Kier molecular flexibility index (Phi) is 3.98. The van der Waals surface area contributed by atoms with Crippen LogP contribution in [-0.2, 0) is 4.74 Å². The summed E-state index contributed by atoms with van der Waals surface area (Å²) in [6, 6.07) is 7.42. The number of aryl methyl sites for hydroxylation is 1. The maximum absolute atomic E-state index is 11.8. The summed E-state index contributed by atoms with van der Waals surface area (Å²) in [5, 5.41) is 0. The van der Waals surface area contributed by atoms with Gasteiger partial charge >= 0.3 is 5.97 Å². The summed E-state index contributed by atoms with van der Waals surface area (Å²) in [7, 11) is 1.22. The molecule has 0 amide bonds. The van der Waals surface area contributed by atoms with Gasteiger partial charge in [-0.3, -0.25) is 4.79 Å². The van der Waals surface area contributed by atoms with E-state index in [-0.39, 0.29) is 28.7 Å². The number of ether oxygens (including phenoxy) is 1. The summed E-state index contributed by atoms with van der Waals surface area (Å²) in [5.41, 5.74) is 7.45. The fourth-order valence-corrected chi connectivity index (χ4v) is 1.90. The fourth-order valence-electron chi connectivity index (χ4n) is 1.90. The number of benzene rings is 1. The van der Waals surface area contributed by atoms with Crippen molar-refractivity contribution in [1.82, 2.24) is 9.97 Å². The number of Topliss-reactive ketones (excluding diaryl/α,β-unsaturated/α-hetero) is 1. The maximum Gasteiger partial charge on any atom is 0.357 e. The Balaban J connectivity index is 2.65. The highest BCUT2D eigenvalue weighted by Gasteiger charge is 2.22. The molecule has 1 aromatic heterocycles. The van der Waals surface area contributed by atoms with E-state index >= 15 is 0 Å². The first-order valence-electron chi connectivity index (χ1n) is 6.28. The number of hydrogen-bond acceptors (Lipinski definition) is 6.